The highest BCUT2D eigenvalue weighted by Crippen LogP contribution is 2.47. The number of methoxy groups -OCH3 is 1. The number of rotatable bonds is 13. The van der Waals surface area contributed by atoms with E-state index in [1.807, 2.05) is 44.2 Å². The van der Waals surface area contributed by atoms with Crippen molar-refractivity contribution in [2.45, 2.75) is 88.3 Å². The fraction of sp³-hybridized carbons (Fsp3) is 0.618. The molecule has 2 heterocycles. The predicted molar refractivity (Wildman–Crippen MR) is 165 cm³/mol. The minimum absolute atomic E-state index is 0.0203. The molecule has 2 unspecified atom stereocenters. The van der Waals surface area contributed by atoms with Gasteiger partial charge in [-0.1, -0.05) is 44.2 Å². The molecule has 0 radical (unpaired) electrons. The maximum atomic E-state index is 13.8. The number of esters is 1. The SMILES string of the molecule is COc1ccc(S(=O)(=O)N(CC(C)C)C[C@@H](O)[C@@H](CC(=O)O[C@H]2CCCC3O[C@H]4OCCC[C@H]4C32)Cc2ccccc2)cc1. The topological polar surface area (TPSA) is 112 Å². The second kappa shape index (κ2) is 14.7. The van der Waals surface area contributed by atoms with Crippen LogP contribution in [-0.4, -0.2) is 75.2 Å². The molecule has 1 aliphatic carbocycles. The summed E-state index contributed by atoms with van der Waals surface area (Å²) in [6.45, 7) is 4.66. The molecule has 242 valence electrons. The Morgan fingerprint density at radius 3 is 2.48 bits per heavy atom. The minimum atomic E-state index is -3.92. The Bertz CT molecular complexity index is 1320. The van der Waals surface area contributed by atoms with Gasteiger partial charge in [-0.3, -0.25) is 4.79 Å². The van der Waals surface area contributed by atoms with Crippen LogP contribution in [-0.2, 0) is 35.4 Å². The summed E-state index contributed by atoms with van der Waals surface area (Å²) < 4.78 is 52.3. The number of sulfonamides is 1. The van der Waals surface area contributed by atoms with Crippen LogP contribution in [0.15, 0.2) is 59.5 Å². The highest BCUT2D eigenvalue weighted by Gasteiger charge is 2.52. The summed E-state index contributed by atoms with van der Waals surface area (Å²) in [6, 6.07) is 15.9. The number of hydrogen-bond donors (Lipinski definition) is 1. The van der Waals surface area contributed by atoms with E-state index in [-0.39, 0.29) is 66.6 Å². The number of hydrogen-bond acceptors (Lipinski definition) is 8. The first kappa shape index (κ1) is 32.9. The Morgan fingerprint density at radius 1 is 1.02 bits per heavy atom. The normalized spacial score (nSPS) is 26.5. The van der Waals surface area contributed by atoms with Gasteiger partial charge in [-0.25, -0.2) is 8.42 Å². The Labute approximate surface area is 261 Å². The molecule has 7 atom stereocenters. The monoisotopic (exact) mass is 629 g/mol. The van der Waals surface area contributed by atoms with Crippen LogP contribution in [0.2, 0.25) is 0 Å². The molecule has 10 heteroatoms. The van der Waals surface area contributed by atoms with Crippen molar-refractivity contribution in [1.82, 2.24) is 4.31 Å². The number of ether oxygens (including phenoxy) is 4. The van der Waals surface area contributed by atoms with Crippen LogP contribution in [0.3, 0.4) is 0 Å². The summed E-state index contributed by atoms with van der Waals surface area (Å²) in [5.74, 6) is 0.00543. The smallest absolute Gasteiger partial charge is 0.306 e. The zero-order valence-electron chi connectivity index (χ0n) is 26.0. The number of benzene rings is 2. The summed E-state index contributed by atoms with van der Waals surface area (Å²) in [7, 11) is -2.39. The zero-order chi connectivity index (χ0) is 31.3. The molecule has 1 saturated carbocycles. The van der Waals surface area contributed by atoms with Crippen LogP contribution in [0.25, 0.3) is 0 Å². The molecular formula is C34H47NO8S. The second-order valence-corrected chi connectivity index (χ2v) is 14.8. The molecule has 2 saturated heterocycles. The van der Waals surface area contributed by atoms with E-state index in [2.05, 4.69) is 0 Å². The van der Waals surface area contributed by atoms with Crippen molar-refractivity contribution < 1.29 is 37.3 Å². The van der Waals surface area contributed by atoms with E-state index in [4.69, 9.17) is 18.9 Å². The Balaban J connectivity index is 1.32. The average Bonchev–Trinajstić information content (AvgIpc) is 3.40. The Hall–Kier alpha value is -2.50. The molecule has 2 aromatic rings. The first-order valence-corrected chi connectivity index (χ1v) is 17.4. The van der Waals surface area contributed by atoms with E-state index >= 15 is 0 Å². The van der Waals surface area contributed by atoms with Gasteiger partial charge in [0.05, 0.1) is 30.6 Å². The summed E-state index contributed by atoms with van der Waals surface area (Å²) in [4.78, 5) is 13.7. The van der Waals surface area contributed by atoms with Gasteiger partial charge in [-0.2, -0.15) is 4.31 Å². The van der Waals surface area contributed by atoms with E-state index in [0.717, 1.165) is 37.7 Å². The highest BCUT2D eigenvalue weighted by molar-refractivity contribution is 7.89. The van der Waals surface area contributed by atoms with Gasteiger partial charge in [0.2, 0.25) is 10.0 Å². The Kier molecular flexibility index (Phi) is 11.0. The van der Waals surface area contributed by atoms with Gasteiger partial charge in [0.15, 0.2) is 6.29 Å². The van der Waals surface area contributed by atoms with Gasteiger partial charge in [-0.15, -0.1) is 0 Å². The maximum absolute atomic E-state index is 13.8. The Morgan fingerprint density at radius 2 is 1.77 bits per heavy atom. The molecule has 2 aromatic carbocycles. The number of nitrogens with zero attached hydrogens (tertiary/aromatic N) is 1. The van der Waals surface area contributed by atoms with Crippen LogP contribution in [0.5, 0.6) is 5.75 Å². The first-order chi connectivity index (χ1) is 21.2. The largest absolute Gasteiger partial charge is 0.497 e. The molecule has 0 spiro atoms. The highest BCUT2D eigenvalue weighted by atomic mass is 32.2. The zero-order valence-corrected chi connectivity index (χ0v) is 26.9. The first-order valence-electron chi connectivity index (χ1n) is 16.0. The van der Waals surface area contributed by atoms with Gasteiger partial charge in [0, 0.05) is 37.5 Å². The van der Waals surface area contributed by atoms with E-state index in [1.165, 1.54) is 23.5 Å². The summed E-state index contributed by atoms with van der Waals surface area (Å²) in [6.07, 6.45) is 3.49. The van der Waals surface area contributed by atoms with Crippen LogP contribution < -0.4 is 4.74 Å². The van der Waals surface area contributed by atoms with Crippen molar-refractivity contribution in [2.75, 3.05) is 26.8 Å². The molecule has 5 rings (SSSR count). The molecule has 0 bridgehead atoms. The van der Waals surface area contributed by atoms with Crippen molar-refractivity contribution in [3.8, 4) is 5.75 Å². The van der Waals surface area contributed by atoms with E-state index in [0.29, 0.717) is 18.8 Å². The maximum Gasteiger partial charge on any atom is 0.306 e. The summed E-state index contributed by atoms with van der Waals surface area (Å²) in [5.41, 5.74) is 0.960. The van der Waals surface area contributed by atoms with Crippen molar-refractivity contribution in [3.63, 3.8) is 0 Å². The van der Waals surface area contributed by atoms with Gasteiger partial charge >= 0.3 is 5.97 Å². The lowest BCUT2D eigenvalue weighted by molar-refractivity contribution is -0.167. The number of carbonyl (C=O) groups is 1. The van der Waals surface area contributed by atoms with Crippen LogP contribution in [0.4, 0.5) is 0 Å². The molecule has 3 fully saturated rings. The number of aliphatic hydroxyl groups excluding tert-OH is 1. The van der Waals surface area contributed by atoms with Crippen molar-refractivity contribution in [2.24, 2.45) is 23.7 Å². The lowest BCUT2D eigenvalue weighted by Crippen LogP contribution is -2.44. The standard InChI is InChI=1S/C34H47NO8S/c1-23(2)21-35(44(38,39)27-16-14-26(40-3)15-17-27)22-29(36)25(19-24-9-5-4-6-10-24)20-32(37)42-30-12-7-13-31-33(30)28-11-8-18-41-34(28)43-31/h4-6,9-10,14-17,23,25,28-31,33-34,36H,7-8,11-13,18-22H2,1-3H3/t25-,28+,29-,30+,31?,33?,34-/m1/s1. The molecule has 44 heavy (non-hydrogen) atoms. The van der Waals surface area contributed by atoms with Gasteiger partial charge < -0.3 is 24.1 Å². The number of fused-ring (bicyclic) bond motifs is 3. The minimum Gasteiger partial charge on any atom is -0.497 e. The quantitative estimate of drug-likeness (QED) is 0.314. The summed E-state index contributed by atoms with van der Waals surface area (Å²) >= 11 is 0. The van der Waals surface area contributed by atoms with Crippen LogP contribution in [0.1, 0.15) is 57.9 Å². The second-order valence-electron chi connectivity index (χ2n) is 12.9. The molecule has 3 aliphatic rings. The lowest BCUT2D eigenvalue weighted by Gasteiger charge is -2.36. The van der Waals surface area contributed by atoms with Crippen LogP contribution in [0, 0.1) is 23.7 Å². The molecule has 0 amide bonds. The van der Waals surface area contributed by atoms with E-state index < -0.39 is 22.0 Å². The molecular weight excluding hydrogens is 582 g/mol. The fourth-order valence-corrected chi connectivity index (χ4v) is 8.70. The molecule has 9 nitrogen and oxygen atoms in total. The fourth-order valence-electron chi connectivity index (χ4n) is 7.08. The number of carbonyl (C=O) groups excluding carboxylic acids is 1. The van der Waals surface area contributed by atoms with Crippen molar-refractivity contribution >= 4 is 16.0 Å². The van der Waals surface area contributed by atoms with E-state index in [9.17, 15) is 18.3 Å². The predicted octanol–water partition coefficient (Wildman–Crippen LogP) is 4.82. The third-order valence-corrected chi connectivity index (χ3v) is 11.1. The molecule has 0 aromatic heterocycles. The summed E-state index contributed by atoms with van der Waals surface area (Å²) in [5, 5.41) is 11.6. The van der Waals surface area contributed by atoms with Gasteiger partial charge in [0.1, 0.15) is 11.9 Å². The average molecular weight is 630 g/mol. The number of aliphatic hydroxyl groups is 1. The lowest BCUT2D eigenvalue weighted by atomic mass is 9.75. The molecule has 2 aliphatic heterocycles. The van der Waals surface area contributed by atoms with Gasteiger partial charge in [-0.05, 0) is 74.3 Å². The third kappa shape index (κ3) is 7.83. The van der Waals surface area contributed by atoms with Crippen molar-refractivity contribution in [3.05, 3.63) is 60.2 Å². The van der Waals surface area contributed by atoms with Crippen LogP contribution >= 0.6 is 0 Å². The molecule has 1 N–H and O–H groups in total. The van der Waals surface area contributed by atoms with Gasteiger partial charge in [0.25, 0.3) is 0 Å². The third-order valence-electron chi connectivity index (χ3n) is 9.21. The van der Waals surface area contributed by atoms with Crippen molar-refractivity contribution in [1.29, 1.82) is 0 Å². The van der Waals surface area contributed by atoms with E-state index in [1.54, 1.807) is 12.1 Å².